The maximum atomic E-state index is 12.3. The molecule has 1 heterocycles. The van der Waals surface area contributed by atoms with Crippen molar-refractivity contribution in [2.75, 3.05) is 0 Å². The largest absolute Gasteiger partial charge is 0.573 e. The highest BCUT2D eigenvalue weighted by molar-refractivity contribution is 5.57. The van der Waals surface area contributed by atoms with E-state index in [1.165, 1.54) is 17.7 Å². The summed E-state index contributed by atoms with van der Waals surface area (Å²) in [5.41, 5.74) is 2.76. The lowest BCUT2D eigenvalue weighted by atomic mass is 9.81. The predicted molar refractivity (Wildman–Crippen MR) is 110 cm³/mol. The number of hydrogen-bond acceptors (Lipinski definition) is 3. The first-order valence-electron chi connectivity index (χ1n) is 9.75. The summed E-state index contributed by atoms with van der Waals surface area (Å²) < 4.78 is 46.9. The van der Waals surface area contributed by atoms with Crippen LogP contribution in [-0.4, -0.2) is 11.3 Å². The zero-order chi connectivity index (χ0) is 22.2. The number of ether oxygens (including phenoxy) is 1. The van der Waals surface area contributed by atoms with Gasteiger partial charge in [0.1, 0.15) is 5.75 Å². The van der Waals surface area contributed by atoms with Crippen molar-refractivity contribution in [2.45, 2.75) is 58.2 Å². The molecule has 1 aromatic heterocycles. The molecule has 6 heteroatoms. The van der Waals surface area contributed by atoms with Crippen LogP contribution < -0.4 is 4.74 Å². The van der Waals surface area contributed by atoms with Crippen molar-refractivity contribution >= 4 is 0 Å². The fourth-order valence-electron chi connectivity index (χ4n) is 3.25. The van der Waals surface area contributed by atoms with Crippen LogP contribution in [0.4, 0.5) is 13.2 Å². The third-order valence-corrected chi connectivity index (χ3v) is 5.05. The van der Waals surface area contributed by atoms with Gasteiger partial charge in [-0.25, -0.2) is 4.98 Å². The topological polar surface area (TPSA) is 35.3 Å². The number of alkyl halides is 3. The molecule has 0 fully saturated rings. The van der Waals surface area contributed by atoms with E-state index in [4.69, 9.17) is 4.42 Å². The van der Waals surface area contributed by atoms with Crippen molar-refractivity contribution in [1.82, 2.24) is 4.98 Å². The Morgan fingerprint density at radius 2 is 1.40 bits per heavy atom. The molecule has 0 spiro atoms. The zero-order valence-electron chi connectivity index (χ0n) is 17.8. The smallest absolute Gasteiger partial charge is 0.441 e. The van der Waals surface area contributed by atoms with E-state index in [1.807, 2.05) is 26.0 Å². The van der Waals surface area contributed by atoms with Crippen LogP contribution in [0.1, 0.15) is 51.6 Å². The van der Waals surface area contributed by atoms with Crippen LogP contribution >= 0.6 is 0 Å². The van der Waals surface area contributed by atoms with Crippen molar-refractivity contribution in [3.05, 3.63) is 71.7 Å². The van der Waals surface area contributed by atoms with Crippen LogP contribution in [0.15, 0.2) is 59.1 Å². The molecule has 3 aromatic rings. The Labute approximate surface area is 174 Å². The average Bonchev–Trinajstić information content (AvgIpc) is 3.08. The zero-order valence-corrected chi connectivity index (χ0v) is 17.8. The number of nitrogens with zero attached hydrogens (tertiary/aromatic N) is 1. The number of halogens is 3. The molecule has 0 N–H and O–H groups in total. The first kappa shape index (κ1) is 21.9. The fraction of sp³-hybridized carbons (Fsp3) is 0.375. The quantitative estimate of drug-likeness (QED) is 0.446. The maximum absolute atomic E-state index is 12.3. The molecule has 160 valence electrons. The van der Waals surface area contributed by atoms with Gasteiger partial charge in [0.15, 0.2) is 11.7 Å². The second-order valence-electron chi connectivity index (χ2n) is 9.08. The van der Waals surface area contributed by atoms with Crippen molar-refractivity contribution in [2.24, 2.45) is 0 Å². The number of hydrogen-bond donors (Lipinski definition) is 0. The summed E-state index contributed by atoms with van der Waals surface area (Å²) in [7, 11) is 0. The van der Waals surface area contributed by atoms with Gasteiger partial charge in [0.2, 0.25) is 0 Å². The minimum Gasteiger partial charge on any atom is -0.441 e. The Morgan fingerprint density at radius 1 is 0.833 bits per heavy atom. The molecule has 3 nitrogen and oxygen atoms in total. The lowest BCUT2D eigenvalue weighted by molar-refractivity contribution is -0.274. The lowest BCUT2D eigenvalue weighted by Gasteiger charge is -2.24. The van der Waals surface area contributed by atoms with E-state index in [-0.39, 0.29) is 16.6 Å². The standard InChI is InChI=1S/C24H26F3NO2/c1-22(2,3)17-8-6-16(7-9-17)20-15-28-21(29-20)14-23(4,5)18-10-12-19(13-11-18)30-24(25,26)27/h6-13,15H,14H2,1-5H3. The SMILES string of the molecule is CC(C)(C)c1ccc(-c2cnc(CC(C)(C)c3ccc(OC(F)(F)F)cc3)o2)cc1. The van der Waals surface area contributed by atoms with E-state index >= 15 is 0 Å². The van der Waals surface area contributed by atoms with Gasteiger partial charge in [-0.1, -0.05) is 71.0 Å². The molecule has 0 aliphatic heterocycles. The van der Waals surface area contributed by atoms with Crippen LogP contribution in [0.5, 0.6) is 5.75 Å². The summed E-state index contributed by atoms with van der Waals surface area (Å²) in [5.74, 6) is 1.03. The average molecular weight is 417 g/mol. The van der Waals surface area contributed by atoms with Gasteiger partial charge in [-0.3, -0.25) is 0 Å². The van der Waals surface area contributed by atoms with E-state index < -0.39 is 6.36 Å². The van der Waals surface area contributed by atoms with E-state index in [0.29, 0.717) is 18.1 Å². The first-order valence-corrected chi connectivity index (χ1v) is 9.75. The van der Waals surface area contributed by atoms with Gasteiger partial charge in [0.25, 0.3) is 0 Å². The van der Waals surface area contributed by atoms with E-state index in [1.54, 1.807) is 18.3 Å². The minimum atomic E-state index is -4.70. The summed E-state index contributed by atoms with van der Waals surface area (Å²) >= 11 is 0. The van der Waals surface area contributed by atoms with E-state index in [2.05, 4.69) is 42.6 Å². The number of benzene rings is 2. The van der Waals surface area contributed by atoms with Crippen LogP contribution in [0.25, 0.3) is 11.3 Å². The summed E-state index contributed by atoms with van der Waals surface area (Å²) in [6.07, 6.45) is -2.49. The Kier molecular flexibility index (Phi) is 5.72. The lowest BCUT2D eigenvalue weighted by Crippen LogP contribution is -2.21. The molecule has 0 amide bonds. The van der Waals surface area contributed by atoms with Crippen LogP contribution in [0.2, 0.25) is 0 Å². The molecule has 3 rings (SSSR count). The van der Waals surface area contributed by atoms with Crippen molar-refractivity contribution in [3.63, 3.8) is 0 Å². The van der Waals surface area contributed by atoms with Crippen molar-refractivity contribution < 1.29 is 22.3 Å². The number of rotatable bonds is 5. The summed E-state index contributed by atoms with van der Waals surface area (Å²) in [4.78, 5) is 4.40. The molecule has 0 bridgehead atoms. The van der Waals surface area contributed by atoms with E-state index in [9.17, 15) is 13.2 Å². The third-order valence-electron chi connectivity index (χ3n) is 5.05. The highest BCUT2D eigenvalue weighted by Crippen LogP contribution is 2.32. The van der Waals surface area contributed by atoms with Crippen LogP contribution in [0.3, 0.4) is 0 Å². The molecule has 0 saturated carbocycles. The van der Waals surface area contributed by atoms with Crippen LogP contribution in [-0.2, 0) is 17.3 Å². The third kappa shape index (κ3) is 5.43. The molecule has 30 heavy (non-hydrogen) atoms. The second-order valence-corrected chi connectivity index (χ2v) is 9.08. The van der Waals surface area contributed by atoms with Gasteiger partial charge in [-0.05, 0) is 34.1 Å². The van der Waals surface area contributed by atoms with Gasteiger partial charge in [-0.15, -0.1) is 13.2 Å². The minimum absolute atomic E-state index is 0.0792. The molecule has 0 radical (unpaired) electrons. The molecule has 0 atom stereocenters. The van der Waals surface area contributed by atoms with Crippen molar-refractivity contribution in [3.8, 4) is 17.1 Å². The fourth-order valence-corrected chi connectivity index (χ4v) is 3.25. The number of oxazole rings is 1. The predicted octanol–water partition coefficient (Wildman–Crippen LogP) is 7.06. The summed E-state index contributed by atoms with van der Waals surface area (Å²) in [5, 5.41) is 0. The van der Waals surface area contributed by atoms with Gasteiger partial charge in [0, 0.05) is 12.0 Å². The Balaban J connectivity index is 1.73. The normalized spacial score (nSPS) is 12.8. The van der Waals surface area contributed by atoms with Gasteiger partial charge in [-0.2, -0.15) is 0 Å². The molecule has 0 aliphatic rings. The van der Waals surface area contributed by atoms with Gasteiger partial charge < -0.3 is 9.15 Å². The Morgan fingerprint density at radius 3 is 1.93 bits per heavy atom. The highest BCUT2D eigenvalue weighted by atomic mass is 19.4. The van der Waals surface area contributed by atoms with Gasteiger partial charge >= 0.3 is 6.36 Å². The van der Waals surface area contributed by atoms with Crippen LogP contribution in [0, 0.1) is 0 Å². The summed E-state index contributed by atoms with van der Waals surface area (Å²) in [6.45, 7) is 10.5. The first-order chi connectivity index (χ1) is 13.8. The molecule has 2 aromatic carbocycles. The Hall–Kier alpha value is -2.76. The Bertz CT molecular complexity index is 979. The van der Waals surface area contributed by atoms with Gasteiger partial charge in [0.05, 0.1) is 6.20 Å². The molecule has 0 saturated heterocycles. The molecule has 0 aliphatic carbocycles. The summed E-state index contributed by atoms with van der Waals surface area (Å²) in [6, 6.07) is 14.1. The second kappa shape index (κ2) is 7.82. The molecular weight excluding hydrogens is 391 g/mol. The van der Waals surface area contributed by atoms with Crippen molar-refractivity contribution in [1.29, 1.82) is 0 Å². The molecule has 0 unspecified atom stereocenters. The van der Waals surface area contributed by atoms with E-state index in [0.717, 1.165) is 11.1 Å². The monoisotopic (exact) mass is 417 g/mol. The maximum Gasteiger partial charge on any atom is 0.573 e. The molecular formula is C24H26F3NO2. The number of aromatic nitrogens is 1. The highest BCUT2D eigenvalue weighted by Gasteiger charge is 2.31.